The summed E-state index contributed by atoms with van der Waals surface area (Å²) in [6.45, 7) is 6.98. The molecule has 0 radical (unpaired) electrons. The van der Waals surface area contributed by atoms with Gasteiger partial charge in [-0.05, 0) is 51.2 Å². The molecule has 2 saturated heterocycles. The van der Waals surface area contributed by atoms with Gasteiger partial charge in [0.05, 0.1) is 11.0 Å². The van der Waals surface area contributed by atoms with Crippen LogP contribution in [0.4, 0.5) is 0 Å². The third-order valence-electron chi connectivity index (χ3n) is 5.48. The number of amides is 2. The molecule has 5 heteroatoms. The summed E-state index contributed by atoms with van der Waals surface area (Å²) in [6.07, 6.45) is 6.97. The van der Waals surface area contributed by atoms with Gasteiger partial charge < -0.3 is 9.80 Å². The Labute approximate surface area is 137 Å². The molecule has 2 aliphatic rings. The first-order valence-corrected chi connectivity index (χ1v) is 8.57. The summed E-state index contributed by atoms with van der Waals surface area (Å²) in [5.41, 5.74) is 1.40. The van der Waals surface area contributed by atoms with E-state index in [0.29, 0.717) is 24.6 Å². The minimum Gasteiger partial charge on any atom is -0.342 e. The van der Waals surface area contributed by atoms with E-state index in [2.05, 4.69) is 4.98 Å². The van der Waals surface area contributed by atoms with Crippen molar-refractivity contribution in [1.82, 2.24) is 14.8 Å². The lowest BCUT2D eigenvalue weighted by Crippen LogP contribution is -2.54. The molecule has 1 aromatic rings. The Morgan fingerprint density at radius 2 is 2.00 bits per heavy atom. The lowest BCUT2D eigenvalue weighted by molar-refractivity contribution is -0.149. The van der Waals surface area contributed by atoms with E-state index in [0.717, 1.165) is 44.3 Å². The zero-order valence-corrected chi connectivity index (χ0v) is 14.0. The van der Waals surface area contributed by atoms with Crippen molar-refractivity contribution < 1.29 is 9.59 Å². The van der Waals surface area contributed by atoms with Crippen molar-refractivity contribution in [3.05, 3.63) is 29.6 Å². The molecule has 3 heterocycles. The van der Waals surface area contributed by atoms with Crippen LogP contribution in [0.3, 0.4) is 0 Å². The van der Waals surface area contributed by atoms with Gasteiger partial charge in [-0.3, -0.25) is 14.6 Å². The van der Waals surface area contributed by atoms with Crippen molar-refractivity contribution in [2.24, 2.45) is 5.41 Å². The average Bonchev–Trinajstić information content (AvgIpc) is 2.58. The molecule has 0 saturated carbocycles. The van der Waals surface area contributed by atoms with Crippen LogP contribution in [-0.4, -0.2) is 52.8 Å². The minimum absolute atomic E-state index is 0.0426. The van der Waals surface area contributed by atoms with Gasteiger partial charge in [-0.15, -0.1) is 0 Å². The molecule has 5 nitrogen and oxygen atoms in total. The summed E-state index contributed by atoms with van der Waals surface area (Å²) in [7, 11) is 0. The Kier molecular flexibility index (Phi) is 4.37. The van der Waals surface area contributed by atoms with Gasteiger partial charge in [-0.25, -0.2) is 0 Å². The van der Waals surface area contributed by atoms with Crippen molar-refractivity contribution >= 4 is 11.8 Å². The van der Waals surface area contributed by atoms with Gasteiger partial charge in [0.1, 0.15) is 0 Å². The van der Waals surface area contributed by atoms with Crippen LogP contribution < -0.4 is 0 Å². The van der Waals surface area contributed by atoms with Gasteiger partial charge in [0.25, 0.3) is 5.91 Å². The summed E-state index contributed by atoms with van der Waals surface area (Å²) in [6, 6.07) is 1.86. The smallest absolute Gasteiger partial charge is 0.255 e. The molecule has 0 aromatic carbocycles. The van der Waals surface area contributed by atoms with Gasteiger partial charge in [-0.1, -0.05) is 0 Å². The number of piperidine rings is 2. The summed E-state index contributed by atoms with van der Waals surface area (Å²) in [4.78, 5) is 33.4. The Hall–Kier alpha value is -1.91. The third-order valence-corrected chi connectivity index (χ3v) is 5.48. The molecule has 2 aliphatic heterocycles. The molecule has 124 valence electrons. The van der Waals surface area contributed by atoms with Gasteiger partial charge >= 0.3 is 0 Å². The SMILES string of the molecule is CCN1CCCC2(CCN(C(=O)c3cnccc3C)CC2)C1=O. The highest BCUT2D eigenvalue weighted by Crippen LogP contribution is 2.41. The largest absolute Gasteiger partial charge is 0.342 e. The lowest BCUT2D eigenvalue weighted by atomic mass is 9.71. The number of nitrogens with zero attached hydrogens (tertiary/aromatic N) is 3. The van der Waals surface area contributed by atoms with E-state index in [9.17, 15) is 9.59 Å². The fraction of sp³-hybridized carbons (Fsp3) is 0.611. The molecule has 23 heavy (non-hydrogen) atoms. The van der Waals surface area contributed by atoms with Crippen LogP contribution in [0.25, 0.3) is 0 Å². The Morgan fingerprint density at radius 3 is 2.65 bits per heavy atom. The molecule has 0 N–H and O–H groups in total. The van der Waals surface area contributed by atoms with Gasteiger partial charge in [0.2, 0.25) is 5.91 Å². The second kappa shape index (κ2) is 6.30. The first kappa shape index (κ1) is 16.0. The second-order valence-corrected chi connectivity index (χ2v) is 6.75. The highest BCUT2D eigenvalue weighted by molar-refractivity contribution is 5.95. The number of aromatic nitrogens is 1. The molecule has 0 atom stereocenters. The molecule has 0 unspecified atom stereocenters. The van der Waals surface area contributed by atoms with Crippen LogP contribution in [0.5, 0.6) is 0 Å². The Morgan fingerprint density at radius 1 is 1.26 bits per heavy atom. The van der Waals surface area contributed by atoms with Crippen molar-refractivity contribution in [1.29, 1.82) is 0 Å². The van der Waals surface area contributed by atoms with E-state index in [-0.39, 0.29) is 11.3 Å². The van der Waals surface area contributed by atoms with E-state index in [1.165, 1.54) is 0 Å². The monoisotopic (exact) mass is 315 g/mol. The summed E-state index contributed by atoms with van der Waals surface area (Å²) in [5.74, 6) is 0.344. The predicted molar refractivity (Wildman–Crippen MR) is 88.0 cm³/mol. The van der Waals surface area contributed by atoms with Crippen LogP contribution in [-0.2, 0) is 4.79 Å². The zero-order valence-electron chi connectivity index (χ0n) is 14.0. The van der Waals surface area contributed by atoms with Crippen LogP contribution in [0.15, 0.2) is 18.5 Å². The van der Waals surface area contributed by atoms with Crippen molar-refractivity contribution in [2.75, 3.05) is 26.2 Å². The van der Waals surface area contributed by atoms with Crippen LogP contribution >= 0.6 is 0 Å². The normalized spacial score (nSPS) is 20.9. The topological polar surface area (TPSA) is 53.5 Å². The van der Waals surface area contributed by atoms with Crippen molar-refractivity contribution in [3.8, 4) is 0 Å². The average molecular weight is 315 g/mol. The number of carbonyl (C=O) groups excluding carboxylic acids is 2. The summed E-state index contributed by atoms with van der Waals surface area (Å²) >= 11 is 0. The van der Waals surface area contributed by atoms with Crippen molar-refractivity contribution in [2.45, 2.75) is 39.5 Å². The number of hydrogen-bond acceptors (Lipinski definition) is 3. The molecule has 1 aromatic heterocycles. The van der Waals surface area contributed by atoms with Gasteiger partial charge in [0.15, 0.2) is 0 Å². The predicted octanol–water partition coefficient (Wildman–Crippen LogP) is 2.25. The van der Waals surface area contributed by atoms with Gasteiger partial charge in [-0.2, -0.15) is 0 Å². The molecular weight excluding hydrogens is 290 g/mol. The number of carbonyl (C=O) groups is 2. The fourth-order valence-corrected chi connectivity index (χ4v) is 3.91. The highest BCUT2D eigenvalue weighted by atomic mass is 16.2. The fourth-order valence-electron chi connectivity index (χ4n) is 3.91. The number of likely N-dealkylation sites (tertiary alicyclic amines) is 2. The molecule has 1 spiro atoms. The van der Waals surface area contributed by atoms with Crippen LogP contribution in [0.1, 0.15) is 48.5 Å². The van der Waals surface area contributed by atoms with Crippen molar-refractivity contribution in [3.63, 3.8) is 0 Å². The molecular formula is C18H25N3O2. The van der Waals surface area contributed by atoms with Gasteiger partial charge in [0, 0.05) is 38.6 Å². The van der Waals surface area contributed by atoms with Crippen LogP contribution in [0, 0.1) is 12.3 Å². The molecule has 0 aliphatic carbocycles. The number of hydrogen-bond donors (Lipinski definition) is 0. The quantitative estimate of drug-likeness (QED) is 0.841. The highest BCUT2D eigenvalue weighted by Gasteiger charge is 2.45. The number of rotatable bonds is 2. The van der Waals surface area contributed by atoms with E-state index in [1.54, 1.807) is 12.4 Å². The minimum atomic E-state index is -0.227. The van der Waals surface area contributed by atoms with E-state index in [4.69, 9.17) is 0 Å². The second-order valence-electron chi connectivity index (χ2n) is 6.75. The first-order valence-electron chi connectivity index (χ1n) is 8.57. The van der Waals surface area contributed by atoms with E-state index in [1.807, 2.05) is 29.7 Å². The standard InChI is InChI=1S/C18H25N3O2/c1-3-20-10-4-6-18(17(20)23)7-11-21(12-8-18)16(22)15-13-19-9-5-14(15)2/h5,9,13H,3-4,6-8,10-12H2,1-2H3. The molecule has 2 amide bonds. The third kappa shape index (κ3) is 2.84. The summed E-state index contributed by atoms with van der Waals surface area (Å²) < 4.78 is 0. The van der Waals surface area contributed by atoms with E-state index < -0.39 is 0 Å². The van der Waals surface area contributed by atoms with Crippen LogP contribution in [0.2, 0.25) is 0 Å². The number of pyridine rings is 1. The number of aryl methyl sites for hydroxylation is 1. The lowest BCUT2D eigenvalue weighted by Gasteiger charge is -2.46. The first-order chi connectivity index (χ1) is 11.1. The van der Waals surface area contributed by atoms with E-state index >= 15 is 0 Å². The maximum absolute atomic E-state index is 12.7. The maximum Gasteiger partial charge on any atom is 0.255 e. The zero-order chi connectivity index (χ0) is 16.4. The summed E-state index contributed by atoms with van der Waals surface area (Å²) in [5, 5.41) is 0. The molecule has 2 fully saturated rings. The Bertz CT molecular complexity index is 606. The molecule has 0 bridgehead atoms. The Balaban J connectivity index is 1.70. The molecule has 3 rings (SSSR count). The maximum atomic E-state index is 12.7.